The summed E-state index contributed by atoms with van der Waals surface area (Å²) in [5.74, 6) is 5.07. The molecule has 3 N–H and O–H groups in total. The molecule has 1 aromatic heterocycles. The van der Waals surface area contributed by atoms with Crippen LogP contribution in [0.2, 0.25) is 0 Å². The van der Waals surface area contributed by atoms with Crippen molar-refractivity contribution < 1.29 is 4.39 Å². The molecule has 6 heteroatoms. The Balaban J connectivity index is 2.14. The number of aromatic nitrogens is 1. The van der Waals surface area contributed by atoms with Gasteiger partial charge in [0.1, 0.15) is 5.82 Å². The Bertz CT molecular complexity index is 514. The fourth-order valence-electron chi connectivity index (χ4n) is 1.69. The first kappa shape index (κ1) is 12.8. The van der Waals surface area contributed by atoms with Crippen LogP contribution in [0.1, 0.15) is 11.8 Å². The lowest BCUT2D eigenvalue weighted by molar-refractivity contribution is 0.626. The first-order valence-corrected chi connectivity index (χ1v) is 6.46. The molecular weight excluding hydrogens is 251 g/mol. The molecule has 18 heavy (non-hydrogen) atoms. The van der Waals surface area contributed by atoms with E-state index in [1.165, 1.54) is 23.5 Å². The summed E-state index contributed by atoms with van der Waals surface area (Å²) in [4.78, 5) is 7.27. The molecule has 2 rings (SSSR count). The van der Waals surface area contributed by atoms with Gasteiger partial charge in [-0.2, -0.15) is 0 Å². The zero-order valence-corrected chi connectivity index (χ0v) is 10.9. The van der Waals surface area contributed by atoms with E-state index in [1.807, 2.05) is 13.0 Å². The summed E-state index contributed by atoms with van der Waals surface area (Å²) >= 11 is 1.49. The highest BCUT2D eigenvalue weighted by molar-refractivity contribution is 7.15. The zero-order valence-electron chi connectivity index (χ0n) is 10.1. The van der Waals surface area contributed by atoms with Crippen molar-refractivity contribution in [1.82, 2.24) is 4.98 Å². The molecule has 0 aliphatic rings. The summed E-state index contributed by atoms with van der Waals surface area (Å²) in [6.45, 7) is 3.53. The van der Waals surface area contributed by atoms with Crippen molar-refractivity contribution >= 4 is 22.2 Å². The van der Waals surface area contributed by atoms with Crippen LogP contribution >= 0.6 is 11.3 Å². The number of nitrogen functional groups attached to an aromatic ring is 1. The average Bonchev–Trinajstić information content (AvgIpc) is 2.83. The number of hydrogen-bond acceptors (Lipinski definition) is 5. The van der Waals surface area contributed by atoms with Gasteiger partial charge in [0.05, 0.1) is 6.54 Å². The third-order valence-electron chi connectivity index (χ3n) is 2.58. The molecule has 0 spiro atoms. The Hall–Kier alpha value is -1.66. The Kier molecular flexibility index (Phi) is 4.11. The van der Waals surface area contributed by atoms with Gasteiger partial charge in [0, 0.05) is 23.3 Å². The van der Waals surface area contributed by atoms with Crippen molar-refractivity contribution in [2.45, 2.75) is 13.5 Å². The van der Waals surface area contributed by atoms with Crippen molar-refractivity contribution in [3.63, 3.8) is 0 Å². The number of halogens is 1. The standard InChI is InChI=1S/C12H15FN4S/c1-2-17(10-5-3-4-9(13)6-10)8-11-7-15-12(16-14)18-11/h3-7H,2,8,14H2,1H3,(H,15,16). The molecule has 0 saturated carbocycles. The Labute approximate surface area is 109 Å². The molecular formula is C12H15FN4S. The van der Waals surface area contributed by atoms with Crippen molar-refractivity contribution in [1.29, 1.82) is 0 Å². The van der Waals surface area contributed by atoms with Crippen molar-refractivity contribution in [2.24, 2.45) is 5.84 Å². The topological polar surface area (TPSA) is 54.2 Å². The lowest BCUT2D eigenvalue weighted by atomic mass is 10.2. The number of hydrogen-bond donors (Lipinski definition) is 2. The second-order valence-electron chi connectivity index (χ2n) is 3.77. The number of nitrogens with two attached hydrogens (primary N) is 1. The molecule has 0 unspecified atom stereocenters. The molecule has 96 valence electrons. The van der Waals surface area contributed by atoms with E-state index in [1.54, 1.807) is 12.3 Å². The molecule has 0 atom stereocenters. The van der Waals surface area contributed by atoms with Crippen molar-refractivity contribution in [3.05, 3.63) is 41.2 Å². The number of nitrogens with one attached hydrogen (secondary N) is 1. The number of rotatable bonds is 5. The van der Waals surface area contributed by atoms with Gasteiger partial charge in [-0.1, -0.05) is 17.4 Å². The van der Waals surface area contributed by atoms with Gasteiger partial charge in [0.2, 0.25) is 0 Å². The van der Waals surface area contributed by atoms with E-state index in [2.05, 4.69) is 15.3 Å². The lowest BCUT2D eigenvalue weighted by Crippen LogP contribution is -2.21. The fraction of sp³-hybridized carbons (Fsp3) is 0.250. The normalized spacial score (nSPS) is 10.4. The van der Waals surface area contributed by atoms with Crippen LogP contribution in [0.25, 0.3) is 0 Å². The number of hydrazine groups is 1. The van der Waals surface area contributed by atoms with Crippen LogP contribution in [-0.2, 0) is 6.54 Å². The summed E-state index contributed by atoms with van der Waals surface area (Å²) in [6.07, 6.45) is 1.78. The quantitative estimate of drug-likeness (QED) is 0.645. The number of thiazole rings is 1. The summed E-state index contributed by atoms with van der Waals surface area (Å²) in [6, 6.07) is 6.59. The third-order valence-corrected chi connectivity index (χ3v) is 3.49. The maximum Gasteiger partial charge on any atom is 0.197 e. The summed E-state index contributed by atoms with van der Waals surface area (Å²) in [5.41, 5.74) is 3.39. The van der Waals surface area contributed by atoms with Crippen LogP contribution in [0, 0.1) is 5.82 Å². The monoisotopic (exact) mass is 266 g/mol. The van der Waals surface area contributed by atoms with E-state index in [-0.39, 0.29) is 5.82 Å². The number of nitrogens with zero attached hydrogens (tertiary/aromatic N) is 2. The smallest absolute Gasteiger partial charge is 0.197 e. The maximum atomic E-state index is 13.2. The van der Waals surface area contributed by atoms with Crippen LogP contribution in [0.5, 0.6) is 0 Å². The van der Waals surface area contributed by atoms with Crippen LogP contribution in [0.3, 0.4) is 0 Å². The zero-order chi connectivity index (χ0) is 13.0. The number of anilines is 2. The molecule has 0 aliphatic carbocycles. The van der Waals surface area contributed by atoms with Gasteiger partial charge in [0.15, 0.2) is 5.13 Å². The predicted molar refractivity (Wildman–Crippen MR) is 73.0 cm³/mol. The first-order chi connectivity index (χ1) is 8.72. The molecule has 0 radical (unpaired) electrons. The Morgan fingerprint density at radius 1 is 1.50 bits per heavy atom. The minimum atomic E-state index is -0.223. The lowest BCUT2D eigenvalue weighted by Gasteiger charge is -2.22. The second-order valence-corrected chi connectivity index (χ2v) is 4.89. The van der Waals surface area contributed by atoms with E-state index >= 15 is 0 Å². The first-order valence-electron chi connectivity index (χ1n) is 5.64. The van der Waals surface area contributed by atoms with E-state index in [0.717, 1.165) is 17.1 Å². The van der Waals surface area contributed by atoms with Crippen molar-refractivity contribution in [2.75, 3.05) is 16.9 Å². The van der Waals surface area contributed by atoms with Gasteiger partial charge in [-0.25, -0.2) is 15.2 Å². The molecule has 2 aromatic rings. The average molecular weight is 266 g/mol. The van der Waals surface area contributed by atoms with Crippen molar-refractivity contribution in [3.8, 4) is 0 Å². The SMILES string of the molecule is CCN(Cc1cnc(NN)s1)c1cccc(F)c1. The molecule has 1 heterocycles. The van der Waals surface area contributed by atoms with Crippen LogP contribution in [-0.4, -0.2) is 11.5 Å². The summed E-state index contributed by atoms with van der Waals surface area (Å²) < 4.78 is 13.2. The molecule has 0 bridgehead atoms. The minimum absolute atomic E-state index is 0.223. The molecule has 0 amide bonds. The van der Waals surface area contributed by atoms with Crippen LogP contribution < -0.4 is 16.2 Å². The highest BCUT2D eigenvalue weighted by Gasteiger charge is 2.08. The Morgan fingerprint density at radius 3 is 2.94 bits per heavy atom. The van der Waals surface area contributed by atoms with E-state index < -0.39 is 0 Å². The highest BCUT2D eigenvalue weighted by atomic mass is 32.1. The van der Waals surface area contributed by atoms with Gasteiger partial charge >= 0.3 is 0 Å². The van der Waals surface area contributed by atoms with E-state index in [9.17, 15) is 4.39 Å². The Morgan fingerprint density at radius 2 is 2.33 bits per heavy atom. The largest absolute Gasteiger partial charge is 0.367 e. The molecule has 1 aromatic carbocycles. The van der Waals surface area contributed by atoms with Gasteiger partial charge in [-0.05, 0) is 25.1 Å². The van der Waals surface area contributed by atoms with Crippen LogP contribution in [0.15, 0.2) is 30.5 Å². The molecule has 0 aliphatic heterocycles. The maximum absolute atomic E-state index is 13.2. The second kappa shape index (κ2) is 5.79. The molecule has 0 saturated heterocycles. The van der Waals surface area contributed by atoms with Gasteiger partial charge < -0.3 is 4.90 Å². The molecule has 4 nitrogen and oxygen atoms in total. The van der Waals surface area contributed by atoms with Crippen LogP contribution in [0.4, 0.5) is 15.2 Å². The van der Waals surface area contributed by atoms with E-state index in [0.29, 0.717) is 11.7 Å². The highest BCUT2D eigenvalue weighted by Crippen LogP contribution is 2.22. The molecule has 0 fully saturated rings. The summed E-state index contributed by atoms with van der Waals surface area (Å²) in [7, 11) is 0. The third kappa shape index (κ3) is 2.96. The van der Waals surface area contributed by atoms with Gasteiger partial charge in [0.25, 0.3) is 0 Å². The van der Waals surface area contributed by atoms with Gasteiger partial charge in [-0.15, -0.1) is 0 Å². The predicted octanol–water partition coefficient (Wildman–Crippen LogP) is 2.59. The van der Waals surface area contributed by atoms with Gasteiger partial charge in [-0.3, -0.25) is 5.43 Å². The minimum Gasteiger partial charge on any atom is -0.367 e. The number of benzene rings is 1. The van der Waals surface area contributed by atoms with E-state index in [4.69, 9.17) is 5.84 Å². The summed E-state index contributed by atoms with van der Waals surface area (Å²) in [5, 5.41) is 0.681. The fourth-order valence-corrected chi connectivity index (χ4v) is 2.43.